The van der Waals surface area contributed by atoms with E-state index in [0.29, 0.717) is 5.92 Å². The molecule has 1 aliphatic rings. The highest BCUT2D eigenvalue weighted by Gasteiger charge is 2.24. The van der Waals surface area contributed by atoms with E-state index in [-0.39, 0.29) is 16.8 Å². The molecule has 1 amide bonds. The Bertz CT molecular complexity index is 886. The number of nitrogens with two attached hydrogens (primary N) is 1. The summed E-state index contributed by atoms with van der Waals surface area (Å²) in [6.45, 7) is 4.13. The highest BCUT2D eigenvalue weighted by molar-refractivity contribution is 7.89. The summed E-state index contributed by atoms with van der Waals surface area (Å²) in [6, 6.07) is 6.05. The highest BCUT2D eigenvalue weighted by atomic mass is 32.2. The summed E-state index contributed by atoms with van der Waals surface area (Å²) in [4.78, 5) is 14.0. The predicted molar refractivity (Wildman–Crippen MR) is 99.2 cm³/mol. The molecule has 0 saturated heterocycles. The van der Waals surface area contributed by atoms with Crippen molar-refractivity contribution in [2.75, 3.05) is 0 Å². The van der Waals surface area contributed by atoms with Crippen LogP contribution in [0.15, 0.2) is 34.5 Å². The maximum Gasteiger partial charge on any atom is 0.252 e. The molecule has 1 aromatic carbocycles. The maximum absolute atomic E-state index is 12.6. The Morgan fingerprint density at radius 1 is 1.32 bits per heavy atom. The van der Waals surface area contributed by atoms with Gasteiger partial charge in [-0.25, -0.2) is 13.6 Å². The number of benzene rings is 1. The van der Waals surface area contributed by atoms with Gasteiger partial charge in [0.05, 0.1) is 16.5 Å². The van der Waals surface area contributed by atoms with Gasteiger partial charge >= 0.3 is 0 Å². The molecule has 25 heavy (non-hydrogen) atoms. The van der Waals surface area contributed by atoms with Crippen LogP contribution in [0.25, 0.3) is 0 Å². The summed E-state index contributed by atoms with van der Waals surface area (Å²) in [5, 5.41) is 10.1. The number of rotatable bonds is 4. The second-order valence-electron chi connectivity index (χ2n) is 6.71. The maximum atomic E-state index is 12.6. The van der Waals surface area contributed by atoms with Gasteiger partial charge in [-0.15, -0.1) is 11.3 Å². The van der Waals surface area contributed by atoms with Gasteiger partial charge in [-0.2, -0.15) is 0 Å². The minimum absolute atomic E-state index is 0.0656. The fraction of sp³-hybridized carbons (Fsp3) is 0.389. The van der Waals surface area contributed by atoms with Crippen LogP contribution in [-0.4, -0.2) is 14.3 Å². The van der Waals surface area contributed by atoms with Crippen LogP contribution in [0.5, 0.6) is 0 Å². The summed E-state index contributed by atoms with van der Waals surface area (Å²) in [7, 11) is -3.70. The molecule has 0 radical (unpaired) electrons. The second-order valence-corrected chi connectivity index (χ2v) is 9.23. The first-order chi connectivity index (χ1) is 11.8. The molecule has 0 spiro atoms. The SMILES string of the molecule is CC1CCc2c(C(=O)NC(C)c3ccc(S(N)(=O)=O)cc3)csc2C1. The average molecular weight is 379 g/mol. The van der Waals surface area contributed by atoms with Gasteiger partial charge in [0.1, 0.15) is 0 Å². The van der Waals surface area contributed by atoms with E-state index in [9.17, 15) is 13.2 Å². The number of sulfonamides is 1. The Kier molecular flexibility index (Phi) is 4.99. The van der Waals surface area contributed by atoms with Gasteiger partial charge in [0.15, 0.2) is 0 Å². The van der Waals surface area contributed by atoms with Crippen molar-refractivity contribution in [3.63, 3.8) is 0 Å². The second kappa shape index (κ2) is 6.90. The average Bonchev–Trinajstić information content (AvgIpc) is 2.97. The van der Waals surface area contributed by atoms with Gasteiger partial charge in [0.2, 0.25) is 10.0 Å². The lowest BCUT2D eigenvalue weighted by atomic mass is 9.88. The van der Waals surface area contributed by atoms with Crippen LogP contribution < -0.4 is 10.5 Å². The minimum atomic E-state index is -3.70. The van der Waals surface area contributed by atoms with Crippen LogP contribution in [0.3, 0.4) is 0 Å². The van der Waals surface area contributed by atoms with E-state index in [0.717, 1.165) is 30.4 Å². The molecule has 2 unspecified atom stereocenters. The van der Waals surface area contributed by atoms with Crippen LogP contribution in [-0.2, 0) is 22.9 Å². The number of nitrogens with one attached hydrogen (secondary N) is 1. The zero-order valence-corrected chi connectivity index (χ0v) is 15.9. The first-order valence-electron chi connectivity index (χ1n) is 8.28. The number of hydrogen-bond acceptors (Lipinski definition) is 4. The molecule has 2 aromatic rings. The Morgan fingerprint density at radius 2 is 2.00 bits per heavy atom. The minimum Gasteiger partial charge on any atom is -0.345 e. The molecule has 5 nitrogen and oxygen atoms in total. The van der Waals surface area contributed by atoms with Crippen molar-refractivity contribution in [3.8, 4) is 0 Å². The monoisotopic (exact) mass is 378 g/mol. The third-order valence-electron chi connectivity index (χ3n) is 4.70. The molecule has 1 heterocycles. The Hall–Kier alpha value is -1.70. The number of thiophene rings is 1. The molecular formula is C18H22N2O3S2. The van der Waals surface area contributed by atoms with Gasteiger partial charge in [-0.1, -0.05) is 19.1 Å². The summed E-state index contributed by atoms with van der Waals surface area (Å²) in [5.41, 5.74) is 2.80. The van der Waals surface area contributed by atoms with Gasteiger partial charge in [-0.3, -0.25) is 4.79 Å². The summed E-state index contributed by atoms with van der Waals surface area (Å²) in [6.07, 6.45) is 3.13. The van der Waals surface area contributed by atoms with Crippen LogP contribution >= 0.6 is 11.3 Å². The third-order valence-corrected chi connectivity index (χ3v) is 6.68. The van der Waals surface area contributed by atoms with Crippen molar-refractivity contribution in [1.29, 1.82) is 0 Å². The van der Waals surface area contributed by atoms with Crippen molar-refractivity contribution in [3.05, 3.63) is 51.2 Å². The molecule has 7 heteroatoms. The molecule has 2 atom stereocenters. The molecule has 3 rings (SSSR count). The van der Waals surface area contributed by atoms with Crippen molar-refractivity contribution in [2.45, 2.75) is 44.0 Å². The molecule has 3 N–H and O–H groups in total. The summed E-state index contributed by atoms with van der Waals surface area (Å²) in [5.74, 6) is 0.605. The molecule has 134 valence electrons. The molecule has 0 aliphatic heterocycles. The number of hydrogen-bond donors (Lipinski definition) is 2. The first-order valence-corrected chi connectivity index (χ1v) is 10.7. The zero-order valence-electron chi connectivity index (χ0n) is 14.3. The van der Waals surface area contributed by atoms with Crippen molar-refractivity contribution in [1.82, 2.24) is 5.32 Å². The fourth-order valence-corrected chi connectivity index (χ4v) is 4.93. The number of amides is 1. The van der Waals surface area contributed by atoms with E-state index in [1.54, 1.807) is 23.5 Å². The molecule has 0 fully saturated rings. The van der Waals surface area contributed by atoms with E-state index in [1.165, 1.54) is 22.6 Å². The van der Waals surface area contributed by atoms with E-state index in [1.807, 2.05) is 12.3 Å². The molecule has 1 aromatic heterocycles. The molecule has 1 aliphatic carbocycles. The topological polar surface area (TPSA) is 89.3 Å². The molecule has 0 saturated carbocycles. The lowest BCUT2D eigenvalue weighted by molar-refractivity contribution is 0.0939. The van der Waals surface area contributed by atoms with Crippen molar-refractivity contribution < 1.29 is 13.2 Å². The summed E-state index contributed by atoms with van der Waals surface area (Å²) >= 11 is 1.67. The van der Waals surface area contributed by atoms with Gasteiger partial charge in [0.25, 0.3) is 5.91 Å². The van der Waals surface area contributed by atoms with Crippen molar-refractivity contribution >= 4 is 27.3 Å². The van der Waals surface area contributed by atoms with Gasteiger partial charge < -0.3 is 5.32 Å². The standard InChI is InChI=1S/C18H22N2O3S2/c1-11-3-8-15-16(10-24-17(15)9-11)18(21)20-12(2)13-4-6-14(7-5-13)25(19,22)23/h4-7,10-12H,3,8-9H2,1-2H3,(H,20,21)(H2,19,22,23). The Balaban J connectivity index is 1.73. The highest BCUT2D eigenvalue weighted by Crippen LogP contribution is 2.33. The van der Waals surface area contributed by atoms with Gasteiger partial charge in [0, 0.05) is 10.3 Å². The van der Waals surface area contributed by atoms with E-state index in [4.69, 9.17) is 5.14 Å². The quantitative estimate of drug-likeness (QED) is 0.857. The van der Waals surface area contributed by atoms with Crippen molar-refractivity contribution in [2.24, 2.45) is 11.1 Å². The van der Waals surface area contributed by atoms with Crippen LogP contribution in [0, 0.1) is 5.92 Å². The Morgan fingerprint density at radius 3 is 2.64 bits per heavy atom. The van der Waals surface area contributed by atoms with Crippen LogP contribution in [0.1, 0.15) is 52.7 Å². The lowest BCUT2D eigenvalue weighted by Gasteiger charge is -2.20. The smallest absolute Gasteiger partial charge is 0.252 e. The fourth-order valence-electron chi connectivity index (χ4n) is 3.17. The van der Waals surface area contributed by atoms with E-state index < -0.39 is 10.0 Å². The number of fused-ring (bicyclic) bond motifs is 1. The molecular weight excluding hydrogens is 356 g/mol. The van der Waals surface area contributed by atoms with Crippen LogP contribution in [0.2, 0.25) is 0 Å². The number of carbonyl (C=O) groups excluding carboxylic acids is 1. The zero-order chi connectivity index (χ0) is 18.2. The van der Waals surface area contributed by atoms with Gasteiger partial charge in [-0.05, 0) is 55.4 Å². The van der Waals surface area contributed by atoms with E-state index >= 15 is 0 Å². The largest absolute Gasteiger partial charge is 0.345 e. The normalized spacial score (nSPS) is 18.4. The van der Waals surface area contributed by atoms with Crippen LogP contribution in [0.4, 0.5) is 0 Å². The predicted octanol–water partition coefficient (Wildman–Crippen LogP) is 3.01. The Labute approximate surface area is 152 Å². The van der Waals surface area contributed by atoms with E-state index in [2.05, 4.69) is 12.2 Å². The third kappa shape index (κ3) is 3.94. The first kappa shape index (κ1) is 18.1. The number of carbonyl (C=O) groups is 1. The number of primary sulfonamides is 1. The lowest BCUT2D eigenvalue weighted by Crippen LogP contribution is -2.27. The summed E-state index contributed by atoms with van der Waals surface area (Å²) < 4.78 is 22.6. The molecule has 0 bridgehead atoms.